The summed E-state index contributed by atoms with van der Waals surface area (Å²) in [4.78, 5) is 10.4. The molecule has 0 N–H and O–H groups in total. The molecule has 2 rings (SSSR count). The van der Waals surface area contributed by atoms with Crippen LogP contribution in [0.15, 0.2) is 16.6 Å². The molecule has 0 atom stereocenters. The predicted molar refractivity (Wildman–Crippen MR) is 64.1 cm³/mol. The van der Waals surface area contributed by atoms with E-state index in [4.69, 9.17) is 9.47 Å². The molecule has 1 heterocycles. The quantitative estimate of drug-likeness (QED) is 0.801. The van der Waals surface area contributed by atoms with Gasteiger partial charge >= 0.3 is 0 Å². The molecule has 1 aromatic carbocycles. The summed E-state index contributed by atoms with van der Waals surface area (Å²) >= 11 is 3.51. The SMILES string of the molecule is O=CCCc1ccc2c(c1Br)OCCCO2. The average molecular weight is 285 g/mol. The first kappa shape index (κ1) is 11.5. The maximum atomic E-state index is 10.4. The standard InChI is InChI=1S/C12H13BrO3/c13-11-9(3-1-6-14)4-5-10-12(11)16-8-2-7-15-10/h4-6H,1-3,7-8H2. The number of benzene rings is 1. The lowest BCUT2D eigenvalue weighted by molar-refractivity contribution is -0.107. The van der Waals surface area contributed by atoms with Crippen LogP contribution >= 0.6 is 15.9 Å². The van der Waals surface area contributed by atoms with E-state index in [1.54, 1.807) is 0 Å². The van der Waals surface area contributed by atoms with Gasteiger partial charge in [0, 0.05) is 12.8 Å². The third kappa shape index (κ3) is 2.38. The topological polar surface area (TPSA) is 35.5 Å². The molecule has 0 spiro atoms. The molecule has 0 aromatic heterocycles. The van der Waals surface area contributed by atoms with E-state index < -0.39 is 0 Å². The molecule has 0 unspecified atom stereocenters. The van der Waals surface area contributed by atoms with Crippen molar-refractivity contribution in [1.82, 2.24) is 0 Å². The van der Waals surface area contributed by atoms with Gasteiger partial charge in [0.25, 0.3) is 0 Å². The average Bonchev–Trinajstić information content (AvgIpc) is 2.54. The van der Waals surface area contributed by atoms with E-state index in [1.807, 2.05) is 12.1 Å². The Morgan fingerprint density at radius 2 is 2.12 bits per heavy atom. The van der Waals surface area contributed by atoms with Crippen molar-refractivity contribution < 1.29 is 14.3 Å². The third-order valence-electron chi connectivity index (χ3n) is 2.47. The minimum absolute atomic E-state index is 0.526. The monoisotopic (exact) mass is 284 g/mol. The first-order chi connectivity index (χ1) is 7.83. The van der Waals surface area contributed by atoms with Crippen LogP contribution in [0.4, 0.5) is 0 Å². The lowest BCUT2D eigenvalue weighted by atomic mass is 10.1. The maximum absolute atomic E-state index is 10.4. The summed E-state index contributed by atoms with van der Waals surface area (Å²) in [5, 5.41) is 0. The summed E-state index contributed by atoms with van der Waals surface area (Å²) in [6, 6.07) is 3.88. The van der Waals surface area contributed by atoms with Gasteiger partial charge in [-0.05, 0) is 34.0 Å². The number of ether oxygens (including phenoxy) is 2. The van der Waals surface area contributed by atoms with Crippen LogP contribution in [0.25, 0.3) is 0 Å². The summed E-state index contributed by atoms with van der Waals surface area (Å²) in [6.45, 7) is 1.36. The lowest BCUT2D eigenvalue weighted by Gasteiger charge is -2.12. The van der Waals surface area contributed by atoms with Crippen LogP contribution in [-0.4, -0.2) is 19.5 Å². The Kier molecular flexibility index (Phi) is 3.83. The van der Waals surface area contributed by atoms with Crippen molar-refractivity contribution in [2.75, 3.05) is 13.2 Å². The van der Waals surface area contributed by atoms with Crippen LogP contribution in [0.2, 0.25) is 0 Å². The van der Waals surface area contributed by atoms with Gasteiger partial charge < -0.3 is 14.3 Å². The van der Waals surface area contributed by atoms with E-state index >= 15 is 0 Å². The molecular weight excluding hydrogens is 272 g/mol. The third-order valence-corrected chi connectivity index (χ3v) is 3.33. The van der Waals surface area contributed by atoms with Crippen LogP contribution in [0.5, 0.6) is 11.5 Å². The van der Waals surface area contributed by atoms with Crippen LogP contribution in [-0.2, 0) is 11.2 Å². The van der Waals surface area contributed by atoms with E-state index in [0.717, 1.165) is 40.7 Å². The summed E-state index contributed by atoms with van der Waals surface area (Å²) in [6.07, 6.45) is 3.07. The molecule has 3 nitrogen and oxygen atoms in total. The fraction of sp³-hybridized carbons (Fsp3) is 0.417. The molecule has 4 heteroatoms. The van der Waals surface area contributed by atoms with Gasteiger partial charge in [0.1, 0.15) is 6.29 Å². The van der Waals surface area contributed by atoms with E-state index in [0.29, 0.717) is 19.6 Å². The van der Waals surface area contributed by atoms with E-state index in [9.17, 15) is 4.79 Å². The van der Waals surface area contributed by atoms with Crippen LogP contribution in [0, 0.1) is 0 Å². The first-order valence-corrected chi connectivity index (χ1v) is 6.13. The molecule has 86 valence electrons. The molecule has 1 aliphatic heterocycles. The van der Waals surface area contributed by atoms with Gasteiger partial charge in [0.15, 0.2) is 11.5 Å². The fourth-order valence-electron chi connectivity index (χ4n) is 1.65. The molecule has 0 amide bonds. The van der Waals surface area contributed by atoms with Crippen molar-refractivity contribution in [2.45, 2.75) is 19.3 Å². The Morgan fingerprint density at radius 3 is 2.94 bits per heavy atom. The number of carbonyl (C=O) groups excluding carboxylic acids is 1. The second kappa shape index (κ2) is 5.34. The zero-order valence-electron chi connectivity index (χ0n) is 8.87. The summed E-state index contributed by atoms with van der Waals surface area (Å²) in [5.41, 5.74) is 1.08. The van der Waals surface area contributed by atoms with Gasteiger partial charge in [-0.3, -0.25) is 0 Å². The second-order valence-electron chi connectivity index (χ2n) is 3.62. The maximum Gasteiger partial charge on any atom is 0.175 e. The smallest absolute Gasteiger partial charge is 0.175 e. The number of aldehydes is 1. The summed E-state index contributed by atoms with van der Waals surface area (Å²) < 4.78 is 12.1. The highest BCUT2D eigenvalue weighted by Crippen LogP contribution is 2.39. The number of hydrogen-bond acceptors (Lipinski definition) is 3. The molecule has 0 saturated carbocycles. The van der Waals surface area contributed by atoms with Crippen molar-refractivity contribution in [1.29, 1.82) is 0 Å². The molecule has 1 aromatic rings. The highest BCUT2D eigenvalue weighted by molar-refractivity contribution is 9.10. The lowest BCUT2D eigenvalue weighted by Crippen LogP contribution is -1.98. The number of hydrogen-bond donors (Lipinski definition) is 0. The summed E-state index contributed by atoms with van der Waals surface area (Å²) in [7, 11) is 0. The van der Waals surface area contributed by atoms with Gasteiger partial charge in [-0.15, -0.1) is 0 Å². The van der Waals surface area contributed by atoms with Crippen LogP contribution < -0.4 is 9.47 Å². The Morgan fingerprint density at radius 1 is 1.31 bits per heavy atom. The number of rotatable bonds is 3. The minimum Gasteiger partial charge on any atom is -0.490 e. The van der Waals surface area contributed by atoms with Gasteiger partial charge in [0.2, 0.25) is 0 Å². The zero-order valence-corrected chi connectivity index (χ0v) is 10.5. The highest BCUT2D eigenvalue weighted by Gasteiger charge is 2.16. The van der Waals surface area contributed by atoms with E-state index in [-0.39, 0.29) is 0 Å². The highest BCUT2D eigenvalue weighted by atomic mass is 79.9. The Labute approximate surface area is 103 Å². The van der Waals surface area contributed by atoms with Gasteiger partial charge in [-0.1, -0.05) is 6.07 Å². The van der Waals surface area contributed by atoms with Crippen molar-refractivity contribution >= 4 is 22.2 Å². The molecule has 0 aliphatic carbocycles. The minimum atomic E-state index is 0.526. The van der Waals surface area contributed by atoms with Crippen LogP contribution in [0.1, 0.15) is 18.4 Å². The number of carbonyl (C=O) groups is 1. The van der Waals surface area contributed by atoms with Crippen molar-refractivity contribution in [2.24, 2.45) is 0 Å². The van der Waals surface area contributed by atoms with Crippen molar-refractivity contribution in [3.8, 4) is 11.5 Å². The predicted octanol–water partition coefficient (Wildman–Crippen LogP) is 2.74. The molecule has 0 radical (unpaired) electrons. The second-order valence-corrected chi connectivity index (χ2v) is 4.41. The molecule has 0 saturated heterocycles. The normalized spacial score (nSPS) is 14.3. The zero-order chi connectivity index (χ0) is 11.4. The molecular formula is C12H13BrO3. The van der Waals surface area contributed by atoms with Crippen LogP contribution in [0.3, 0.4) is 0 Å². The Hall–Kier alpha value is -1.03. The molecule has 0 bridgehead atoms. The number of halogens is 1. The Bertz CT molecular complexity index is 390. The van der Waals surface area contributed by atoms with E-state index in [2.05, 4.69) is 15.9 Å². The van der Waals surface area contributed by atoms with E-state index in [1.165, 1.54) is 0 Å². The molecule has 16 heavy (non-hydrogen) atoms. The number of fused-ring (bicyclic) bond motifs is 1. The molecule has 1 aliphatic rings. The number of aryl methyl sites for hydroxylation is 1. The van der Waals surface area contributed by atoms with Gasteiger partial charge in [-0.2, -0.15) is 0 Å². The van der Waals surface area contributed by atoms with Gasteiger partial charge in [-0.25, -0.2) is 0 Å². The first-order valence-electron chi connectivity index (χ1n) is 5.33. The van der Waals surface area contributed by atoms with Crippen molar-refractivity contribution in [3.63, 3.8) is 0 Å². The van der Waals surface area contributed by atoms with Crippen molar-refractivity contribution in [3.05, 3.63) is 22.2 Å². The molecule has 0 fully saturated rings. The van der Waals surface area contributed by atoms with Gasteiger partial charge in [0.05, 0.1) is 17.7 Å². The summed E-state index contributed by atoms with van der Waals surface area (Å²) in [5.74, 6) is 1.54. The fourth-order valence-corrected chi connectivity index (χ4v) is 2.29. The Balaban J connectivity index is 2.29. The largest absolute Gasteiger partial charge is 0.490 e.